The van der Waals surface area contributed by atoms with Crippen molar-refractivity contribution in [1.29, 1.82) is 0 Å². The molecule has 2 aliphatic heterocycles. The van der Waals surface area contributed by atoms with Crippen LogP contribution in [0.5, 0.6) is 0 Å². The van der Waals surface area contributed by atoms with Gasteiger partial charge in [-0.15, -0.1) is 0 Å². The van der Waals surface area contributed by atoms with Crippen LogP contribution in [0.25, 0.3) is 0 Å². The largest absolute Gasteiger partial charge is 0.444 e. The molecule has 2 aliphatic carbocycles. The fourth-order valence-electron chi connectivity index (χ4n) is 4.18. The van der Waals surface area contributed by atoms with Crippen LogP contribution in [0.1, 0.15) is 47.0 Å². The van der Waals surface area contributed by atoms with Gasteiger partial charge in [0.05, 0.1) is 6.10 Å². The smallest absolute Gasteiger partial charge is 0.410 e. The molecule has 4 rings (SSSR count). The zero-order chi connectivity index (χ0) is 14.0. The number of nitrogens with zero attached hydrogens (tertiary/aromatic N) is 1. The molecule has 0 radical (unpaired) electrons. The van der Waals surface area contributed by atoms with E-state index in [1.807, 2.05) is 32.6 Å². The van der Waals surface area contributed by atoms with Gasteiger partial charge in [-0.2, -0.15) is 0 Å². The molecule has 0 aromatic carbocycles. The SMILES string of the molecule is CC(O)C1(C2[C@H]3C[C@@H]2N(C(=O)OC(C)(C)C)C3)CC1. The van der Waals surface area contributed by atoms with E-state index in [2.05, 4.69) is 0 Å². The number of aliphatic hydroxyl groups is 1. The van der Waals surface area contributed by atoms with Gasteiger partial charge in [-0.3, -0.25) is 0 Å². The molecule has 19 heavy (non-hydrogen) atoms. The average Bonchev–Trinajstić information content (AvgIpc) is 2.76. The molecule has 4 atom stereocenters. The normalized spacial score (nSPS) is 36.7. The van der Waals surface area contributed by atoms with Gasteiger partial charge in [-0.25, -0.2) is 4.79 Å². The lowest BCUT2D eigenvalue weighted by atomic mass is 9.63. The molecular weight excluding hydrogens is 242 g/mol. The van der Waals surface area contributed by atoms with Crippen LogP contribution in [0.2, 0.25) is 0 Å². The third-order valence-electron chi connectivity index (χ3n) is 5.25. The summed E-state index contributed by atoms with van der Waals surface area (Å²) < 4.78 is 5.49. The van der Waals surface area contributed by atoms with Crippen molar-refractivity contribution in [2.45, 2.75) is 64.7 Å². The number of hydrogen-bond donors (Lipinski definition) is 1. The quantitative estimate of drug-likeness (QED) is 0.836. The number of aliphatic hydroxyl groups excluding tert-OH is 1. The van der Waals surface area contributed by atoms with Crippen LogP contribution in [0, 0.1) is 17.3 Å². The van der Waals surface area contributed by atoms with Crippen molar-refractivity contribution in [3.8, 4) is 0 Å². The van der Waals surface area contributed by atoms with Crippen molar-refractivity contribution in [2.24, 2.45) is 17.3 Å². The van der Waals surface area contributed by atoms with E-state index in [9.17, 15) is 9.90 Å². The first-order chi connectivity index (χ1) is 8.74. The number of hydrogen-bond acceptors (Lipinski definition) is 3. The zero-order valence-electron chi connectivity index (χ0n) is 12.3. The van der Waals surface area contributed by atoms with Crippen molar-refractivity contribution in [3.05, 3.63) is 0 Å². The Hall–Kier alpha value is -0.770. The monoisotopic (exact) mass is 267 g/mol. The summed E-state index contributed by atoms with van der Waals surface area (Å²) in [6, 6.07) is 0.303. The number of amides is 1. The Morgan fingerprint density at radius 1 is 1.42 bits per heavy atom. The standard InChI is InChI=1S/C15H25NO3/c1-9(17)15(5-6-15)12-10-7-11(12)16(8-10)13(18)19-14(2,3)4/h9-12,17H,5-8H2,1-4H3/t9?,10-,11-,12?/m0/s1. The summed E-state index contributed by atoms with van der Waals surface area (Å²) in [5, 5.41) is 10.0. The van der Waals surface area contributed by atoms with Gasteiger partial charge in [0.2, 0.25) is 0 Å². The summed E-state index contributed by atoms with van der Waals surface area (Å²) in [4.78, 5) is 14.1. The lowest BCUT2D eigenvalue weighted by Crippen LogP contribution is -2.49. The number of fused-ring (bicyclic) bond motifs is 1. The van der Waals surface area contributed by atoms with E-state index in [0.29, 0.717) is 17.9 Å². The summed E-state index contributed by atoms with van der Waals surface area (Å²) >= 11 is 0. The van der Waals surface area contributed by atoms with Crippen LogP contribution in [-0.2, 0) is 4.74 Å². The third-order valence-corrected chi connectivity index (χ3v) is 5.25. The van der Waals surface area contributed by atoms with Gasteiger partial charge in [0.25, 0.3) is 0 Å². The summed E-state index contributed by atoms with van der Waals surface area (Å²) in [7, 11) is 0. The van der Waals surface area contributed by atoms with Crippen LogP contribution >= 0.6 is 0 Å². The molecule has 1 amide bonds. The maximum absolute atomic E-state index is 12.2. The molecule has 2 bridgehead atoms. The van der Waals surface area contributed by atoms with Crippen molar-refractivity contribution in [2.75, 3.05) is 6.54 Å². The van der Waals surface area contributed by atoms with Crippen molar-refractivity contribution in [1.82, 2.24) is 4.90 Å². The van der Waals surface area contributed by atoms with Gasteiger partial charge in [0.15, 0.2) is 0 Å². The lowest BCUT2D eigenvalue weighted by molar-refractivity contribution is -0.0141. The van der Waals surface area contributed by atoms with E-state index < -0.39 is 5.60 Å². The minimum Gasteiger partial charge on any atom is -0.444 e. The highest BCUT2D eigenvalue weighted by Crippen LogP contribution is 2.66. The van der Waals surface area contributed by atoms with Crippen molar-refractivity contribution in [3.63, 3.8) is 0 Å². The Labute approximate surface area is 115 Å². The highest BCUT2D eigenvalue weighted by atomic mass is 16.6. The molecular formula is C15H25NO3. The number of carbonyl (C=O) groups excluding carboxylic acids is 1. The van der Waals surface area contributed by atoms with Crippen molar-refractivity contribution >= 4 is 6.09 Å². The van der Waals surface area contributed by atoms with E-state index in [0.717, 1.165) is 25.8 Å². The molecule has 1 N–H and O–H groups in total. The third kappa shape index (κ3) is 1.95. The highest BCUT2D eigenvalue weighted by Gasteiger charge is 2.67. The molecule has 2 heterocycles. The molecule has 4 heteroatoms. The molecule has 4 aliphatic rings. The van der Waals surface area contributed by atoms with E-state index in [1.165, 1.54) is 0 Å². The fourth-order valence-corrected chi connectivity index (χ4v) is 4.18. The predicted molar refractivity (Wildman–Crippen MR) is 71.7 cm³/mol. The first-order valence-electron chi connectivity index (χ1n) is 7.42. The Balaban J connectivity index is 1.68. The van der Waals surface area contributed by atoms with E-state index in [4.69, 9.17) is 4.74 Å². The van der Waals surface area contributed by atoms with E-state index in [1.54, 1.807) is 0 Å². The van der Waals surface area contributed by atoms with Crippen LogP contribution in [0.4, 0.5) is 4.79 Å². The number of carbonyl (C=O) groups is 1. The fraction of sp³-hybridized carbons (Fsp3) is 0.933. The summed E-state index contributed by atoms with van der Waals surface area (Å²) in [5.74, 6) is 1.08. The van der Waals surface area contributed by atoms with Gasteiger partial charge < -0.3 is 14.7 Å². The van der Waals surface area contributed by atoms with Crippen LogP contribution in [0.3, 0.4) is 0 Å². The summed E-state index contributed by atoms with van der Waals surface area (Å²) in [6.07, 6.45) is 2.90. The van der Waals surface area contributed by atoms with Crippen LogP contribution < -0.4 is 0 Å². The van der Waals surface area contributed by atoms with Gasteiger partial charge >= 0.3 is 6.09 Å². The Bertz CT molecular complexity index is 395. The zero-order valence-corrected chi connectivity index (χ0v) is 12.3. The molecule has 108 valence electrons. The Morgan fingerprint density at radius 2 is 2.05 bits per heavy atom. The van der Waals surface area contributed by atoms with Gasteiger partial charge in [0.1, 0.15) is 5.60 Å². The Morgan fingerprint density at radius 3 is 2.53 bits per heavy atom. The summed E-state index contributed by atoms with van der Waals surface area (Å²) in [5.41, 5.74) is -0.328. The minimum atomic E-state index is -0.429. The second-order valence-corrected chi connectivity index (χ2v) is 7.63. The second kappa shape index (κ2) is 3.87. The van der Waals surface area contributed by atoms with Crippen LogP contribution in [-0.4, -0.2) is 40.4 Å². The number of ether oxygens (including phenoxy) is 1. The van der Waals surface area contributed by atoms with Crippen molar-refractivity contribution < 1.29 is 14.6 Å². The maximum atomic E-state index is 12.2. The molecule has 0 aromatic heterocycles. The molecule has 4 nitrogen and oxygen atoms in total. The molecule has 2 saturated heterocycles. The summed E-state index contributed by atoms with van der Waals surface area (Å²) in [6.45, 7) is 8.43. The van der Waals surface area contributed by atoms with Gasteiger partial charge in [0, 0.05) is 18.0 Å². The average molecular weight is 267 g/mol. The molecule has 0 aromatic rings. The van der Waals surface area contributed by atoms with E-state index >= 15 is 0 Å². The lowest BCUT2D eigenvalue weighted by Gasteiger charge is -2.43. The van der Waals surface area contributed by atoms with Gasteiger partial charge in [-0.1, -0.05) is 0 Å². The maximum Gasteiger partial charge on any atom is 0.410 e. The van der Waals surface area contributed by atoms with Crippen LogP contribution in [0.15, 0.2) is 0 Å². The highest BCUT2D eigenvalue weighted by molar-refractivity contribution is 5.70. The van der Waals surface area contributed by atoms with Gasteiger partial charge in [-0.05, 0) is 58.8 Å². The molecule has 0 spiro atoms. The number of rotatable bonds is 2. The Kier molecular flexibility index (Phi) is 2.70. The molecule has 2 saturated carbocycles. The minimum absolute atomic E-state index is 0.102. The molecule has 4 fully saturated rings. The first kappa shape index (κ1) is 13.2. The predicted octanol–water partition coefficient (Wildman–Crippen LogP) is 2.40. The van der Waals surface area contributed by atoms with E-state index in [-0.39, 0.29) is 17.6 Å². The molecule has 2 unspecified atom stereocenters. The first-order valence-corrected chi connectivity index (χ1v) is 7.42. The second-order valence-electron chi connectivity index (χ2n) is 7.63. The topological polar surface area (TPSA) is 49.8 Å².